The molecule has 19 heavy (non-hydrogen) atoms. The van der Waals surface area contributed by atoms with Gasteiger partial charge in [-0.2, -0.15) is 0 Å². The van der Waals surface area contributed by atoms with Crippen LogP contribution < -0.4 is 0 Å². The largest absolute Gasteiger partial charge is 0.480 e. The summed E-state index contributed by atoms with van der Waals surface area (Å²) in [5, 5.41) is 18.0. The van der Waals surface area contributed by atoms with Crippen molar-refractivity contribution < 1.29 is 34.1 Å². The molecule has 0 spiro atoms. The molecule has 2 rings (SSSR count). The lowest BCUT2D eigenvalue weighted by Crippen LogP contribution is -2.51. The van der Waals surface area contributed by atoms with E-state index in [4.69, 9.17) is 10.2 Å². The fourth-order valence-corrected chi connectivity index (χ4v) is 2.35. The molecule has 0 aromatic carbocycles. The molecule has 0 heterocycles. The molecule has 2 N–H and O–H groups in total. The molecule has 0 aromatic rings. The minimum Gasteiger partial charge on any atom is -0.480 e. The highest BCUT2D eigenvalue weighted by atomic mass is 16.6. The van der Waals surface area contributed by atoms with Gasteiger partial charge in [0.15, 0.2) is 10.8 Å². The number of rotatable bonds is 4. The van der Waals surface area contributed by atoms with Gasteiger partial charge in [-0.1, -0.05) is 0 Å². The topological polar surface area (TPSA) is 118 Å². The van der Waals surface area contributed by atoms with Crippen LogP contribution in [-0.2, 0) is 23.9 Å². The number of esters is 2. The van der Waals surface area contributed by atoms with E-state index in [1.54, 1.807) is 0 Å². The van der Waals surface area contributed by atoms with Crippen LogP contribution in [0.1, 0.15) is 38.5 Å². The first-order valence-corrected chi connectivity index (χ1v) is 6.09. The Morgan fingerprint density at radius 2 is 1.05 bits per heavy atom. The van der Waals surface area contributed by atoms with E-state index in [0.29, 0.717) is 12.8 Å². The van der Waals surface area contributed by atoms with Gasteiger partial charge >= 0.3 is 23.9 Å². The quantitative estimate of drug-likeness (QED) is 0.566. The van der Waals surface area contributed by atoms with Crippen LogP contribution in [-0.4, -0.2) is 34.1 Å². The average molecular weight is 270 g/mol. The number of carbonyl (C=O) groups excluding carboxylic acids is 2. The van der Waals surface area contributed by atoms with Crippen LogP contribution in [0.25, 0.3) is 0 Å². The number of ether oxygens (including phenoxy) is 1. The first-order valence-electron chi connectivity index (χ1n) is 6.09. The maximum Gasteiger partial charge on any atom is 0.331 e. The maximum absolute atomic E-state index is 11.8. The van der Waals surface area contributed by atoms with Crippen LogP contribution in [0.4, 0.5) is 0 Å². The van der Waals surface area contributed by atoms with Crippen LogP contribution >= 0.6 is 0 Å². The van der Waals surface area contributed by atoms with Gasteiger partial charge in [-0.05, 0) is 38.5 Å². The zero-order valence-electron chi connectivity index (χ0n) is 10.2. The van der Waals surface area contributed by atoms with E-state index in [0.717, 1.165) is 0 Å². The molecule has 2 aliphatic rings. The summed E-state index contributed by atoms with van der Waals surface area (Å²) in [6, 6.07) is 0. The van der Waals surface area contributed by atoms with Gasteiger partial charge in [0.1, 0.15) is 0 Å². The molecule has 0 aliphatic heterocycles. The molecule has 7 heteroatoms. The molecular weight excluding hydrogens is 256 g/mol. The van der Waals surface area contributed by atoms with Gasteiger partial charge in [0.25, 0.3) is 0 Å². The second-order valence-corrected chi connectivity index (χ2v) is 5.16. The van der Waals surface area contributed by atoms with Crippen molar-refractivity contribution in [2.45, 2.75) is 38.5 Å². The van der Waals surface area contributed by atoms with Crippen LogP contribution in [0.2, 0.25) is 0 Å². The number of carboxylic acid groups (broad SMARTS) is 2. The summed E-state index contributed by atoms with van der Waals surface area (Å²) in [7, 11) is 0. The zero-order valence-corrected chi connectivity index (χ0v) is 10.2. The Morgan fingerprint density at radius 3 is 1.21 bits per heavy atom. The van der Waals surface area contributed by atoms with Gasteiger partial charge in [-0.25, -0.2) is 0 Å². The summed E-state index contributed by atoms with van der Waals surface area (Å²) < 4.78 is 4.55. The molecule has 0 amide bonds. The molecule has 0 radical (unpaired) electrons. The van der Waals surface area contributed by atoms with E-state index in [2.05, 4.69) is 4.74 Å². The Bertz CT molecular complexity index is 415. The van der Waals surface area contributed by atoms with Crippen molar-refractivity contribution in [3.63, 3.8) is 0 Å². The molecule has 104 valence electrons. The molecule has 0 atom stereocenters. The van der Waals surface area contributed by atoms with Crippen molar-refractivity contribution in [3.8, 4) is 0 Å². The molecule has 0 unspecified atom stereocenters. The second kappa shape index (κ2) is 4.32. The Labute approximate surface area is 108 Å². The molecule has 0 saturated heterocycles. The molecule has 2 saturated carbocycles. The van der Waals surface area contributed by atoms with Gasteiger partial charge in [0.2, 0.25) is 0 Å². The standard InChI is InChI=1S/C12H14O7/c13-7(14)11(3-1-4-11)9(17)19-10(18)12(8(15)16)5-2-6-12/h1-6H2,(H,13,14)(H,15,16). The van der Waals surface area contributed by atoms with E-state index in [1.807, 2.05) is 0 Å². The lowest BCUT2D eigenvalue weighted by molar-refractivity contribution is -0.189. The smallest absolute Gasteiger partial charge is 0.331 e. The minimum atomic E-state index is -1.67. The Morgan fingerprint density at radius 1 is 0.737 bits per heavy atom. The highest BCUT2D eigenvalue weighted by molar-refractivity contribution is 6.08. The fourth-order valence-electron chi connectivity index (χ4n) is 2.35. The van der Waals surface area contributed by atoms with Crippen molar-refractivity contribution >= 4 is 23.9 Å². The van der Waals surface area contributed by atoms with Crippen molar-refractivity contribution in [1.82, 2.24) is 0 Å². The third-order valence-electron chi connectivity index (χ3n) is 4.20. The molecule has 0 aromatic heterocycles. The summed E-state index contributed by atoms with van der Waals surface area (Å²) in [5.41, 5.74) is -3.34. The summed E-state index contributed by atoms with van der Waals surface area (Å²) >= 11 is 0. The van der Waals surface area contributed by atoms with Crippen molar-refractivity contribution in [2.24, 2.45) is 10.8 Å². The van der Waals surface area contributed by atoms with Gasteiger partial charge in [-0.3, -0.25) is 19.2 Å². The third-order valence-corrected chi connectivity index (χ3v) is 4.20. The van der Waals surface area contributed by atoms with Crippen molar-refractivity contribution in [2.75, 3.05) is 0 Å². The predicted octanol–water partition coefficient (Wildman–Crippen LogP) is 0.566. The van der Waals surface area contributed by atoms with Gasteiger partial charge in [0, 0.05) is 0 Å². The summed E-state index contributed by atoms with van der Waals surface area (Å²) in [4.78, 5) is 45.7. The Hall–Kier alpha value is -1.92. The average Bonchev–Trinajstić information content (AvgIpc) is 2.10. The second-order valence-electron chi connectivity index (χ2n) is 5.16. The minimum absolute atomic E-state index is 0.120. The van der Waals surface area contributed by atoms with Gasteiger partial charge in [-0.15, -0.1) is 0 Å². The maximum atomic E-state index is 11.8. The van der Waals surface area contributed by atoms with Gasteiger partial charge < -0.3 is 14.9 Å². The monoisotopic (exact) mass is 270 g/mol. The molecule has 2 fully saturated rings. The molecular formula is C12H14O7. The van der Waals surface area contributed by atoms with Crippen LogP contribution in [0.15, 0.2) is 0 Å². The third kappa shape index (κ3) is 1.80. The van der Waals surface area contributed by atoms with E-state index >= 15 is 0 Å². The Kier molecular flexibility index (Phi) is 3.07. The summed E-state index contributed by atoms with van der Waals surface area (Å²) in [5.74, 6) is -4.92. The van der Waals surface area contributed by atoms with Crippen LogP contribution in [0.3, 0.4) is 0 Å². The van der Waals surface area contributed by atoms with Gasteiger partial charge in [0.05, 0.1) is 0 Å². The highest BCUT2D eigenvalue weighted by Crippen LogP contribution is 2.45. The van der Waals surface area contributed by atoms with Crippen LogP contribution in [0.5, 0.6) is 0 Å². The number of carboxylic acids is 2. The van der Waals surface area contributed by atoms with E-state index in [9.17, 15) is 19.2 Å². The Balaban J connectivity index is 2.09. The number of hydrogen-bond acceptors (Lipinski definition) is 5. The molecule has 0 bridgehead atoms. The number of aliphatic carboxylic acids is 2. The number of hydrogen-bond donors (Lipinski definition) is 2. The van der Waals surface area contributed by atoms with Crippen molar-refractivity contribution in [3.05, 3.63) is 0 Å². The lowest BCUT2D eigenvalue weighted by atomic mass is 9.67. The van der Waals surface area contributed by atoms with E-state index < -0.39 is 34.7 Å². The highest BCUT2D eigenvalue weighted by Gasteiger charge is 2.57. The normalized spacial score (nSPS) is 22.5. The first kappa shape index (κ1) is 13.5. The fraction of sp³-hybridized carbons (Fsp3) is 0.667. The molecule has 2 aliphatic carbocycles. The molecule has 7 nitrogen and oxygen atoms in total. The van der Waals surface area contributed by atoms with E-state index in [-0.39, 0.29) is 25.7 Å². The predicted molar refractivity (Wildman–Crippen MR) is 58.9 cm³/mol. The van der Waals surface area contributed by atoms with Crippen LogP contribution in [0, 0.1) is 10.8 Å². The van der Waals surface area contributed by atoms with E-state index in [1.165, 1.54) is 0 Å². The SMILES string of the molecule is O=C(O)C1(C(=O)OC(=O)C2(C(=O)O)CCC2)CCC1. The first-order chi connectivity index (χ1) is 8.85. The summed E-state index contributed by atoms with van der Waals surface area (Å²) in [6.45, 7) is 0. The summed E-state index contributed by atoms with van der Waals surface area (Å²) in [6.07, 6.45) is 1.62. The van der Waals surface area contributed by atoms with Crippen molar-refractivity contribution in [1.29, 1.82) is 0 Å². The lowest BCUT2D eigenvalue weighted by Gasteiger charge is -2.37. The zero-order chi connectivity index (χ0) is 14.3. The number of carbonyl (C=O) groups is 4.